The maximum absolute atomic E-state index is 13.2. The van der Waals surface area contributed by atoms with Crippen LogP contribution in [0.1, 0.15) is 104 Å². The van der Waals surface area contributed by atoms with Crippen molar-refractivity contribution in [2.75, 3.05) is 52.5 Å². The Bertz CT molecular complexity index is 2530. The van der Waals surface area contributed by atoms with E-state index in [-0.39, 0.29) is 11.6 Å². The molecule has 0 unspecified atom stereocenters. The molecule has 0 spiro atoms. The number of carbonyl (C=O) groups is 2. The van der Waals surface area contributed by atoms with Gasteiger partial charge in [0, 0.05) is 101 Å². The molecule has 0 atom stereocenters. The number of H-pyrrole nitrogens is 2. The molecular weight excluding hydrogens is 757 g/mol. The van der Waals surface area contributed by atoms with Crippen LogP contribution in [0.4, 0.5) is 0 Å². The van der Waals surface area contributed by atoms with Gasteiger partial charge in [-0.05, 0) is 122 Å². The smallest absolute Gasteiger partial charge is 0.196 e. The lowest BCUT2D eigenvalue weighted by Gasteiger charge is -2.32. The van der Waals surface area contributed by atoms with Crippen molar-refractivity contribution in [2.24, 2.45) is 11.3 Å². The van der Waals surface area contributed by atoms with Crippen LogP contribution < -0.4 is 9.47 Å². The highest BCUT2D eigenvalue weighted by atomic mass is 16.5. The number of fused-ring (bicyclic) bond motifs is 2. The average Bonchev–Trinajstić information content (AvgIpc) is 3.88. The largest absolute Gasteiger partial charge is 0.494 e. The second-order valence-corrected chi connectivity index (χ2v) is 17.9. The van der Waals surface area contributed by atoms with Crippen LogP contribution in [0, 0.1) is 11.3 Å². The van der Waals surface area contributed by atoms with Crippen molar-refractivity contribution < 1.29 is 19.1 Å². The molecule has 2 N–H and O–H groups in total. The third kappa shape index (κ3) is 10.6. The molecule has 4 aromatic carbocycles. The van der Waals surface area contributed by atoms with Crippen LogP contribution in [0.15, 0.2) is 109 Å². The molecule has 0 radical (unpaired) electrons. The summed E-state index contributed by atoms with van der Waals surface area (Å²) in [5.41, 5.74) is 10.3. The number of hydrogen-bond acceptors (Lipinski definition) is 6. The van der Waals surface area contributed by atoms with Gasteiger partial charge in [-0.25, -0.2) is 0 Å². The first-order valence-corrected chi connectivity index (χ1v) is 22.0. The van der Waals surface area contributed by atoms with Crippen LogP contribution in [0.2, 0.25) is 0 Å². The van der Waals surface area contributed by atoms with Crippen molar-refractivity contribution in [1.29, 1.82) is 0 Å². The van der Waals surface area contributed by atoms with E-state index < -0.39 is 0 Å². The fourth-order valence-electron chi connectivity index (χ4n) is 8.59. The molecule has 0 saturated heterocycles. The Morgan fingerprint density at radius 2 is 1.21 bits per heavy atom. The Balaban J connectivity index is 0.000000184. The number of nitrogens with zero attached hydrogens (tertiary/aromatic N) is 2. The van der Waals surface area contributed by atoms with Gasteiger partial charge in [-0.2, -0.15) is 0 Å². The fourth-order valence-corrected chi connectivity index (χ4v) is 8.59. The first-order valence-electron chi connectivity index (χ1n) is 22.0. The predicted octanol–water partition coefficient (Wildman–Crippen LogP) is 11.5. The summed E-state index contributed by atoms with van der Waals surface area (Å²) in [6, 6.07) is 26.7. The van der Waals surface area contributed by atoms with Crippen LogP contribution in [-0.2, 0) is 0 Å². The number of aromatic nitrogens is 2. The minimum atomic E-state index is -0.00571. The predicted molar refractivity (Wildman–Crippen MR) is 251 cm³/mol. The Kier molecular flexibility index (Phi) is 13.8. The number of para-hydroxylation sites is 1. The summed E-state index contributed by atoms with van der Waals surface area (Å²) in [6.07, 6.45) is 10.9. The Hall–Kier alpha value is -5.70. The molecule has 0 saturated carbocycles. The van der Waals surface area contributed by atoms with Crippen LogP contribution in [0.3, 0.4) is 0 Å². The van der Waals surface area contributed by atoms with Crippen molar-refractivity contribution in [3.63, 3.8) is 0 Å². The highest BCUT2D eigenvalue weighted by Crippen LogP contribution is 2.33. The normalized spacial score (nSPS) is 15.0. The molecule has 0 bridgehead atoms. The topological polar surface area (TPSA) is 90.7 Å². The van der Waals surface area contributed by atoms with Crippen molar-refractivity contribution in [2.45, 2.75) is 61.3 Å². The maximum atomic E-state index is 13.2. The van der Waals surface area contributed by atoms with Crippen molar-refractivity contribution in [3.8, 4) is 11.5 Å². The van der Waals surface area contributed by atoms with Crippen LogP contribution in [-0.4, -0.2) is 83.8 Å². The second-order valence-electron chi connectivity index (χ2n) is 17.9. The quantitative estimate of drug-likeness (QED) is 0.113. The third-order valence-corrected chi connectivity index (χ3v) is 11.3. The number of rotatable bonds is 13. The lowest BCUT2D eigenvalue weighted by atomic mass is 9.93. The highest BCUT2D eigenvalue weighted by Gasteiger charge is 2.22. The van der Waals surface area contributed by atoms with E-state index in [1.54, 1.807) is 0 Å². The SMILES string of the molecule is CCOc1ccc(C(=O)c2ccc3[nH]cc(C4=CCN(CC(C)(C)C)CC4)c3c2)cc1.CCOc1ccccc1C(=O)c1ccc2[nH]cc(C3=CCN(CC(C)C)CC3)c2c1. The second kappa shape index (κ2) is 19.3. The molecule has 61 heavy (non-hydrogen) atoms. The zero-order valence-corrected chi connectivity index (χ0v) is 37.1. The van der Waals surface area contributed by atoms with Gasteiger partial charge in [-0.15, -0.1) is 0 Å². The van der Waals surface area contributed by atoms with E-state index in [4.69, 9.17) is 9.47 Å². The molecule has 0 amide bonds. The molecule has 2 aliphatic rings. The van der Waals surface area contributed by atoms with Gasteiger partial charge in [0.15, 0.2) is 11.6 Å². The van der Waals surface area contributed by atoms with Gasteiger partial charge >= 0.3 is 0 Å². The lowest BCUT2D eigenvalue weighted by molar-refractivity contribution is 0.102. The molecule has 8 rings (SSSR count). The van der Waals surface area contributed by atoms with E-state index in [0.29, 0.717) is 52.5 Å². The first-order chi connectivity index (χ1) is 29.4. The maximum Gasteiger partial charge on any atom is 0.196 e. The van der Waals surface area contributed by atoms with Crippen molar-refractivity contribution >= 4 is 44.5 Å². The molecule has 318 valence electrons. The highest BCUT2D eigenvalue weighted by molar-refractivity contribution is 6.13. The molecule has 0 fully saturated rings. The number of carbonyl (C=O) groups excluding carboxylic acids is 2. The van der Waals surface area contributed by atoms with Gasteiger partial charge in [0.25, 0.3) is 0 Å². The summed E-state index contributed by atoms with van der Waals surface area (Å²) in [7, 11) is 0. The monoisotopic (exact) mass is 818 g/mol. The number of ketones is 2. The Labute approximate surface area is 361 Å². The molecule has 4 heterocycles. The molecule has 2 aliphatic heterocycles. The standard InChI is InChI=1S/C27H32N2O2.C26H30N2O2/c1-5-31-22-9-6-20(7-10-22)26(30)21-8-11-25-23(16-21)24(17-28-25)19-12-14-29(15-13-19)18-27(2,3)4;1-4-30-25-8-6-5-7-21(25)26(29)20-9-10-24-22(15-20)23(16-27-24)19-11-13-28(14-12-19)17-18(2)3/h6-12,16-17,28H,5,13-15,18H2,1-4H3;5-11,15-16,18,27H,4,12-14,17H2,1-3H3. The molecule has 8 heteroatoms. The van der Waals surface area contributed by atoms with Gasteiger partial charge in [-0.1, -0.05) is 58.9 Å². The number of hydrogen-bond donors (Lipinski definition) is 2. The molecule has 2 aromatic heterocycles. The van der Waals surface area contributed by atoms with E-state index >= 15 is 0 Å². The van der Waals surface area contributed by atoms with E-state index in [1.807, 2.05) is 98.8 Å². The number of benzene rings is 4. The summed E-state index contributed by atoms with van der Waals surface area (Å²) >= 11 is 0. The average molecular weight is 819 g/mol. The summed E-state index contributed by atoms with van der Waals surface area (Å²) < 4.78 is 11.2. The van der Waals surface area contributed by atoms with E-state index in [9.17, 15) is 9.59 Å². The Morgan fingerprint density at radius 1 is 0.672 bits per heavy atom. The zero-order chi connectivity index (χ0) is 43.1. The molecule has 0 aliphatic carbocycles. The Morgan fingerprint density at radius 3 is 1.74 bits per heavy atom. The van der Waals surface area contributed by atoms with Gasteiger partial charge < -0.3 is 19.4 Å². The molecule has 8 nitrogen and oxygen atoms in total. The minimum Gasteiger partial charge on any atom is -0.494 e. The van der Waals surface area contributed by atoms with Gasteiger partial charge in [0.1, 0.15) is 11.5 Å². The minimum absolute atomic E-state index is 0.00571. The number of ether oxygens (including phenoxy) is 2. The lowest BCUT2D eigenvalue weighted by Crippen LogP contribution is -2.35. The van der Waals surface area contributed by atoms with E-state index in [0.717, 1.165) is 79.7 Å². The van der Waals surface area contributed by atoms with E-state index in [1.165, 1.54) is 22.3 Å². The number of nitrogens with one attached hydrogen (secondary N) is 2. The van der Waals surface area contributed by atoms with Gasteiger partial charge in [0.2, 0.25) is 0 Å². The van der Waals surface area contributed by atoms with Gasteiger partial charge in [0.05, 0.1) is 18.8 Å². The first kappa shape index (κ1) is 43.4. The molecule has 6 aromatic rings. The van der Waals surface area contributed by atoms with Crippen LogP contribution >= 0.6 is 0 Å². The summed E-state index contributed by atoms with van der Waals surface area (Å²) in [4.78, 5) is 38.1. The van der Waals surface area contributed by atoms with Gasteiger partial charge in [-0.3, -0.25) is 19.4 Å². The van der Waals surface area contributed by atoms with Crippen LogP contribution in [0.5, 0.6) is 11.5 Å². The van der Waals surface area contributed by atoms with E-state index in [2.05, 4.69) is 78.9 Å². The summed E-state index contributed by atoms with van der Waals surface area (Å²) in [5.74, 6) is 2.13. The fraction of sp³-hybridized carbons (Fsp3) is 0.358. The number of aromatic amines is 2. The van der Waals surface area contributed by atoms with Crippen molar-refractivity contribution in [3.05, 3.63) is 143 Å². The van der Waals surface area contributed by atoms with Crippen molar-refractivity contribution in [1.82, 2.24) is 19.8 Å². The third-order valence-electron chi connectivity index (χ3n) is 11.3. The zero-order valence-electron chi connectivity index (χ0n) is 37.1. The molecular formula is C53H62N4O4. The summed E-state index contributed by atoms with van der Waals surface area (Å²) in [6.45, 7) is 22.8. The summed E-state index contributed by atoms with van der Waals surface area (Å²) in [5, 5.41) is 2.23. The van der Waals surface area contributed by atoms with Crippen LogP contribution in [0.25, 0.3) is 33.0 Å².